The Morgan fingerprint density at radius 1 is 1.32 bits per heavy atom. The molecule has 0 saturated heterocycles. The molecular weight excluding hydrogens is 328 g/mol. The summed E-state index contributed by atoms with van der Waals surface area (Å²) in [5.74, 6) is 0.385. The van der Waals surface area contributed by atoms with Crippen molar-refractivity contribution in [2.75, 3.05) is 5.73 Å². The highest BCUT2D eigenvalue weighted by Gasteiger charge is 2.27. The molecule has 19 heavy (non-hydrogen) atoms. The van der Waals surface area contributed by atoms with Gasteiger partial charge in [0.25, 0.3) is 0 Å². The largest absolute Gasteiger partial charge is 0.399 e. The number of nitrogens with one attached hydrogen (secondary N) is 1. The second kappa shape index (κ2) is 5.81. The number of hydrogen-bond acceptors (Lipinski definition) is 3. The van der Waals surface area contributed by atoms with Crippen LogP contribution in [-0.2, 0) is 10.0 Å². The molecule has 2 atom stereocenters. The van der Waals surface area contributed by atoms with Gasteiger partial charge >= 0.3 is 0 Å². The van der Waals surface area contributed by atoms with Crippen molar-refractivity contribution < 1.29 is 8.42 Å². The van der Waals surface area contributed by atoms with Gasteiger partial charge in [-0.3, -0.25) is 0 Å². The summed E-state index contributed by atoms with van der Waals surface area (Å²) in [5, 5.41) is 0. The molecule has 0 radical (unpaired) electrons. The molecule has 3 N–H and O–H groups in total. The van der Waals surface area contributed by atoms with Gasteiger partial charge in [-0.2, -0.15) is 0 Å². The molecule has 106 valence electrons. The van der Waals surface area contributed by atoms with Crippen LogP contribution in [0, 0.1) is 5.92 Å². The highest BCUT2D eigenvalue weighted by molar-refractivity contribution is 9.10. The third kappa shape index (κ3) is 3.49. The van der Waals surface area contributed by atoms with E-state index in [2.05, 4.69) is 27.6 Å². The van der Waals surface area contributed by atoms with E-state index in [0.717, 1.165) is 19.3 Å². The molecule has 0 amide bonds. The molecule has 0 spiro atoms. The van der Waals surface area contributed by atoms with Gasteiger partial charge in [0.15, 0.2) is 0 Å². The zero-order valence-corrected chi connectivity index (χ0v) is 13.3. The molecule has 2 unspecified atom stereocenters. The van der Waals surface area contributed by atoms with Crippen molar-refractivity contribution in [2.24, 2.45) is 5.92 Å². The molecular formula is C13H19BrN2O2S. The van der Waals surface area contributed by atoms with Gasteiger partial charge in [0.2, 0.25) is 10.0 Å². The van der Waals surface area contributed by atoms with Gasteiger partial charge < -0.3 is 5.73 Å². The summed E-state index contributed by atoms with van der Waals surface area (Å²) < 4.78 is 28.1. The zero-order chi connectivity index (χ0) is 14.0. The fourth-order valence-corrected chi connectivity index (χ4v) is 4.96. The Balaban J connectivity index is 2.22. The van der Waals surface area contributed by atoms with Crippen LogP contribution in [0.3, 0.4) is 0 Å². The Morgan fingerprint density at radius 2 is 2.00 bits per heavy atom. The number of nitrogen functional groups attached to an aromatic ring is 1. The second-order valence-corrected chi connectivity index (χ2v) is 7.72. The first kappa shape index (κ1) is 14.8. The maximum absolute atomic E-state index is 12.4. The minimum atomic E-state index is -3.49. The summed E-state index contributed by atoms with van der Waals surface area (Å²) in [5.41, 5.74) is 6.17. The summed E-state index contributed by atoms with van der Waals surface area (Å²) in [6.45, 7) is 2.10. The lowest BCUT2D eigenvalue weighted by atomic mass is 9.87. The molecule has 1 saturated carbocycles. The van der Waals surface area contributed by atoms with E-state index in [4.69, 9.17) is 5.73 Å². The van der Waals surface area contributed by atoms with Crippen molar-refractivity contribution in [1.82, 2.24) is 4.72 Å². The van der Waals surface area contributed by atoms with Crippen LogP contribution >= 0.6 is 15.9 Å². The van der Waals surface area contributed by atoms with Gasteiger partial charge in [-0.25, -0.2) is 13.1 Å². The molecule has 0 bridgehead atoms. The van der Waals surface area contributed by atoms with E-state index >= 15 is 0 Å². The van der Waals surface area contributed by atoms with Gasteiger partial charge in [-0.05, 0) is 52.9 Å². The van der Waals surface area contributed by atoms with E-state index in [1.165, 1.54) is 12.5 Å². The van der Waals surface area contributed by atoms with E-state index in [9.17, 15) is 8.42 Å². The van der Waals surface area contributed by atoms with Crippen LogP contribution in [0.5, 0.6) is 0 Å². The summed E-state index contributed by atoms with van der Waals surface area (Å²) in [6, 6.07) is 4.78. The fourth-order valence-electron chi connectivity index (χ4n) is 2.49. The lowest BCUT2D eigenvalue weighted by Gasteiger charge is -2.29. The van der Waals surface area contributed by atoms with Crippen molar-refractivity contribution in [2.45, 2.75) is 43.5 Å². The minimum Gasteiger partial charge on any atom is -0.399 e. The Bertz CT molecular complexity index is 560. The third-order valence-corrected chi connectivity index (χ3v) is 6.13. The Hall–Kier alpha value is -0.590. The van der Waals surface area contributed by atoms with E-state index in [1.54, 1.807) is 12.1 Å². The Morgan fingerprint density at radius 3 is 2.63 bits per heavy atom. The monoisotopic (exact) mass is 346 g/mol. The van der Waals surface area contributed by atoms with Crippen molar-refractivity contribution in [3.8, 4) is 0 Å². The van der Waals surface area contributed by atoms with Crippen molar-refractivity contribution in [1.29, 1.82) is 0 Å². The molecule has 1 aliphatic rings. The second-order valence-electron chi connectivity index (χ2n) is 5.18. The fraction of sp³-hybridized carbons (Fsp3) is 0.538. The number of hydrogen-bond donors (Lipinski definition) is 2. The van der Waals surface area contributed by atoms with Crippen LogP contribution in [0.15, 0.2) is 27.6 Å². The van der Waals surface area contributed by atoms with Crippen LogP contribution in [0.25, 0.3) is 0 Å². The summed E-state index contributed by atoms with van der Waals surface area (Å²) in [4.78, 5) is 0.250. The van der Waals surface area contributed by atoms with E-state index in [0.29, 0.717) is 16.1 Å². The first-order chi connectivity index (χ1) is 8.90. The molecule has 2 rings (SSSR count). The SMILES string of the molecule is CC1CCCCC1NS(=O)(=O)c1ccc(N)cc1Br. The quantitative estimate of drug-likeness (QED) is 0.826. The molecule has 1 fully saturated rings. The summed E-state index contributed by atoms with van der Waals surface area (Å²) in [7, 11) is -3.49. The highest BCUT2D eigenvalue weighted by Crippen LogP contribution is 2.28. The van der Waals surface area contributed by atoms with Crippen LogP contribution in [0.4, 0.5) is 5.69 Å². The summed E-state index contributed by atoms with van der Waals surface area (Å²) >= 11 is 3.26. The normalized spacial score (nSPS) is 24.3. The number of rotatable bonds is 3. The Labute approximate surface area is 122 Å². The molecule has 1 aromatic rings. The Kier molecular flexibility index (Phi) is 4.53. The van der Waals surface area contributed by atoms with Crippen molar-refractivity contribution in [3.63, 3.8) is 0 Å². The third-order valence-electron chi connectivity index (χ3n) is 3.66. The average Bonchev–Trinajstić information content (AvgIpc) is 2.31. The molecule has 0 aliphatic heterocycles. The number of benzene rings is 1. The maximum Gasteiger partial charge on any atom is 0.241 e. The van der Waals surface area contributed by atoms with Crippen LogP contribution in [-0.4, -0.2) is 14.5 Å². The van der Waals surface area contributed by atoms with Crippen LogP contribution in [0.1, 0.15) is 32.6 Å². The lowest BCUT2D eigenvalue weighted by Crippen LogP contribution is -2.41. The minimum absolute atomic E-state index is 0.0307. The maximum atomic E-state index is 12.4. The highest BCUT2D eigenvalue weighted by atomic mass is 79.9. The summed E-state index contributed by atoms with van der Waals surface area (Å²) in [6.07, 6.45) is 4.26. The first-order valence-corrected chi connectivity index (χ1v) is 8.75. The van der Waals surface area contributed by atoms with Crippen molar-refractivity contribution in [3.05, 3.63) is 22.7 Å². The molecule has 1 aromatic carbocycles. The van der Waals surface area contributed by atoms with Gasteiger partial charge in [0.05, 0.1) is 4.90 Å². The number of nitrogens with two attached hydrogens (primary N) is 1. The van der Waals surface area contributed by atoms with E-state index in [1.807, 2.05) is 0 Å². The smallest absolute Gasteiger partial charge is 0.241 e. The zero-order valence-electron chi connectivity index (χ0n) is 10.9. The number of halogens is 1. The van der Waals surface area contributed by atoms with Gasteiger partial charge in [0, 0.05) is 16.2 Å². The first-order valence-electron chi connectivity index (χ1n) is 6.47. The van der Waals surface area contributed by atoms with E-state index < -0.39 is 10.0 Å². The van der Waals surface area contributed by atoms with Gasteiger partial charge in [-0.15, -0.1) is 0 Å². The van der Waals surface area contributed by atoms with Crippen LogP contribution in [0.2, 0.25) is 0 Å². The molecule has 4 nitrogen and oxygen atoms in total. The predicted octanol–water partition coefficient (Wildman–Crippen LogP) is 2.89. The number of sulfonamides is 1. The standard InChI is InChI=1S/C13H19BrN2O2S/c1-9-4-2-3-5-12(9)16-19(17,18)13-7-6-10(15)8-11(13)14/h6-9,12,16H,2-5,15H2,1H3. The molecule has 0 aromatic heterocycles. The molecule has 6 heteroatoms. The number of anilines is 1. The van der Waals surface area contributed by atoms with Crippen molar-refractivity contribution >= 4 is 31.6 Å². The lowest BCUT2D eigenvalue weighted by molar-refractivity contribution is 0.310. The topological polar surface area (TPSA) is 72.2 Å². The van der Waals surface area contributed by atoms with Gasteiger partial charge in [-0.1, -0.05) is 19.8 Å². The predicted molar refractivity (Wildman–Crippen MR) is 80.3 cm³/mol. The average molecular weight is 347 g/mol. The molecule has 1 aliphatic carbocycles. The van der Waals surface area contributed by atoms with E-state index in [-0.39, 0.29) is 10.9 Å². The van der Waals surface area contributed by atoms with Gasteiger partial charge in [0.1, 0.15) is 0 Å². The van der Waals surface area contributed by atoms with Crippen LogP contribution < -0.4 is 10.5 Å². The molecule has 0 heterocycles.